The number of ether oxygens (including phenoxy) is 4. The number of aromatic nitrogens is 2. The molecule has 2 aromatic heterocycles. The number of aromatic amines is 1. The quantitative estimate of drug-likeness (QED) is 0.106. The summed E-state index contributed by atoms with van der Waals surface area (Å²) in [7, 11) is 0. The van der Waals surface area contributed by atoms with E-state index in [0.717, 1.165) is 5.56 Å². The van der Waals surface area contributed by atoms with E-state index in [0.29, 0.717) is 80.3 Å². The van der Waals surface area contributed by atoms with Gasteiger partial charge in [-0.3, -0.25) is 9.78 Å². The number of carbonyl (C=O) groups is 2. The molecule has 2 heterocycles. The van der Waals surface area contributed by atoms with E-state index in [1.165, 1.54) is 6.07 Å². The number of aliphatic hydroxyl groups excluding tert-OH is 1. The van der Waals surface area contributed by atoms with Crippen LogP contribution in [0, 0.1) is 12.7 Å². The Morgan fingerprint density at radius 1 is 0.867 bits per heavy atom. The molecule has 0 aliphatic carbocycles. The van der Waals surface area contributed by atoms with E-state index in [1.807, 2.05) is 6.92 Å². The average molecular weight is 622 g/mol. The molecule has 238 valence electrons. The predicted octanol–water partition coefficient (Wildman–Crippen LogP) is 4.73. The molecule has 4 rings (SSSR count). The lowest BCUT2D eigenvalue weighted by Gasteiger charge is -2.10. The summed E-state index contributed by atoms with van der Waals surface area (Å²) in [6.45, 7) is 4.40. The number of aliphatic hydroxyl groups is 1. The topological polar surface area (TPSA) is 156 Å². The molecule has 0 aliphatic heterocycles. The number of nitrogens with zero attached hydrogens (tertiary/aromatic N) is 1. The van der Waals surface area contributed by atoms with Gasteiger partial charge in [-0.15, -0.1) is 0 Å². The van der Waals surface area contributed by atoms with Crippen molar-refractivity contribution in [2.24, 2.45) is 0 Å². The molecule has 45 heavy (non-hydrogen) atoms. The lowest BCUT2D eigenvalue weighted by atomic mass is 10.2. The third kappa shape index (κ3) is 11.0. The van der Waals surface area contributed by atoms with Gasteiger partial charge in [0.15, 0.2) is 0 Å². The molecule has 5 N–H and O–H groups in total. The van der Waals surface area contributed by atoms with Crippen LogP contribution in [0.4, 0.5) is 20.6 Å². The summed E-state index contributed by atoms with van der Waals surface area (Å²) >= 11 is 0. The van der Waals surface area contributed by atoms with Crippen molar-refractivity contribution < 1.29 is 38.0 Å². The summed E-state index contributed by atoms with van der Waals surface area (Å²) in [5.41, 5.74) is 3.08. The summed E-state index contributed by atoms with van der Waals surface area (Å²) in [6, 6.07) is 15.7. The predicted molar refractivity (Wildman–Crippen MR) is 166 cm³/mol. The number of hydrogen-bond donors (Lipinski definition) is 5. The standard InChI is InChI=1S/C32H36FN5O7/c1-22-2-7-27(33)28(18-22)38-32(41)37-24-3-5-25(6-4-24)45-26-8-9-34-30(20-26)29-19-23(21-36-29)31(40)35-10-12-42-14-16-44-17-15-43-13-11-39/h2-9,18-21,36,39H,10-17H2,1H3,(H,35,40)(H2,37,38,41). The molecule has 0 bridgehead atoms. The summed E-state index contributed by atoms with van der Waals surface area (Å²) in [5.74, 6) is 0.272. The summed E-state index contributed by atoms with van der Waals surface area (Å²) in [5, 5.41) is 16.6. The van der Waals surface area contributed by atoms with Crippen molar-refractivity contribution in [3.05, 3.63) is 90.0 Å². The highest BCUT2D eigenvalue weighted by molar-refractivity contribution is 6.00. The molecule has 0 radical (unpaired) electrons. The van der Waals surface area contributed by atoms with Crippen LogP contribution in [0.1, 0.15) is 15.9 Å². The first-order valence-electron chi connectivity index (χ1n) is 14.3. The molecular formula is C32H36FN5O7. The van der Waals surface area contributed by atoms with Crippen LogP contribution in [-0.2, 0) is 14.2 Å². The second kappa shape index (κ2) is 17.5. The maximum atomic E-state index is 13.9. The molecule has 0 unspecified atom stereocenters. The van der Waals surface area contributed by atoms with Crippen LogP contribution in [0.25, 0.3) is 11.4 Å². The number of urea groups is 1. The molecule has 0 saturated heterocycles. The Bertz CT molecular complexity index is 1530. The summed E-state index contributed by atoms with van der Waals surface area (Å²) in [6.07, 6.45) is 3.20. The normalized spacial score (nSPS) is 10.8. The highest BCUT2D eigenvalue weighted by atomic mass is 19.1. The zero-order valence-electron chi connectivity index (χ0n) is 24.8. The number of carbonyl (C=O) groups excluding carboxylic acids is 2. The van der Waals surface area contributed by atoms with Crippen LogP contribution in [0.3, 0.4) is 0 Å². The monoisotopic (exact) mass is 621 g/mol. The third-order valence-corrected chi connectivity index (χ3v) is 6.18. The Kier molecular flexibility index (Phi) is 12.8. The van der Waals surface area contributed by atoms with Crippen molar-refractivity contribution in [2.75, 3.05) is 63.4 Å². The number of aryl methyl sites for hydroxylation is 1. The number of halogens is 1. The molecule has 0 aliphatic rings. The molecule has 13 heteroatoms. The summed E-state index contributed by atoms with van der Waals surface area (Å²) in [4.78, 5) is 32.3. The highest BCUT2D eigenvalue weighted by Gasteiger charge is 2.12. The fourth-order valence-corrected chi connectivity index (χ4v) is 4.00. The van der Waals surface area contributed by atoms with Crippen LogP contribution in [0.2, 0.25) is 0 Å². The Labute approximate surface area is 259 Å². The van der Waals surface area contributed by atoms with Gasteiger partial charge in [0.25, 0.3) is 5.91 Å². The number of pyridine rings is 1. The minimum Gasteiger partial charge on any atom is -0.457 e. The van der Waals surface area contributed by atoms with Gasteiger partial charge < -0.3 is 45.0 Å². The fraction of sp³-hybridized carbons (Fsp3) is 0.281. The Hall–Kier alpha value is -4.82. The van der Waals surface area contributed by atoms with Gasteiger partial charge in [0, 0.05) is 30.7 Å². The number of H-pyrrole nitrogens is 1. The zero-order valence-corrected chi connectivity index (χ0v) is 24.8. The molecule has 0 fully saturated rings. The van der Waals surface area contributed by atoms with E-state index in [4.69, 9.17) is 24.1 Å². The first kappa shape index (κ1) is 33.1. The van der Waals surface area contributed by atoms with Gasteiger partial charge in [-0.25, -0.2) is 9.18 Å². The SMILES string of the molecule is Cc1ccc(F)c(NC(=O)Nc2ccc(Oc3ccnc(-c4cc(C(=O)NCCOCCOCCOCCO)c[nH]4)c3)cc2)c1. The van der Waals surface area contributed by atoms with Crippen molar-refractivity contribution >= 4 is 23.3 Å². The maximum absolute atomic E-state index is 13.9. The molecule has 2 aromatic carbocycles. The van der Waals surface area contributed by atoms with E-state index in [1.54, 1.807) is 67.0 Å². The van der Waals surface area contributed by atoms with Gasteiger partial charge in [0.05, 0.1) is 68.9 Å². The van der Waals surface area contributed by atoms with Gasteiger partial charge in [-0.05, 0) is 61.0 Å². The molecule has 3 amide bonds. The molecule has 0 atom stereocenters. The number of amides is 3. The third-order valence-electron chi connectivity index (χ3n) is 6.18. The molecule has 4 aromatic rings. The number of rotatable bonds is 17. The van der Waals surface area contributed by atoms with Crippen LogP contribution >= 0.6 is 0 Å². The number of anilines is 2. The van der Waals surface area contributed by atoms with Crippen LogP contribution < -0.4 is 20.7 Å². The van der Waals surface area contributed by atoms with Crippen molar-refractivity contribution in [3.63, 3.8) is 0 Å². The van der Waals surface area contributed by atoms with E-state index >= 15 is 0 Å². The maximum Gasteiger partial charge on any atom is 0.323 e. The zero-order chi connectivity index (χ0) is 31.9. The minimum atomic E-state index is -0.571. The van der Waals surface area contributed by atoms with Gasteiger partial charge in [-0.1, -0.05) is 6.07 Å². The van der Waals surface area contributed by atoms with E-state index in [-0.39, 0.29) is 18.2 Å². The fourth-order valence-electron chi connectivity index (χ4n) is 4.00. The molecule has 0 saturated carbocycles. The Morgan fingerprint density at radius 2 is 1.60 bits per heavy atom. The van der Waals surface area contributed by atoms with Gasteiger partial charge >= 0.3 is 6.03 Å². The number of benzene rings is 2. The average Bonchev–Trinajstić information content (AvgIpc) is 3.53. The second-order valence-corrected chi connectivity index (χ2v) is 9.68. The van der Waals surface area contributed by atoms with Crippen LogP contribution in [0.15, 0.2) is 73.1 Å². The lowest BCUT2D eigenvalue weighted by Crippen LogP contribution is -2.27. The highest BCUT2D eigenvalue weighted by Crippen LogP contribution is 2.27. The molecule has 0 spiro atoms. The van der Waals surface area contributed by atoms with Crippen molar-refractivity contribution in [1.29, 1.82) is 0 Å². The lowest BCUT2D eigenvalue weighted by molar-refractivity contribution is 0.00825. The van der Waals surface area contributed by atoms with Crippen LogP contribution in [-0.4, -0.2) is 79.8 Å². The van der Waals surface area contributed by atoms with E-state index in [9.17, 15) is 14.0 Å². The first-order chi connectivity index (χ1) is 21.9. The van der Waals surface area contributed by atoms with Gasteiger partial charge in [0.1, 0.15) is 17.3 Å². The largest absolute Gasteiger partial charge is 0.457 e. The van der Waals surface area contributed by atoms with Crippen molar-refractivity contribution in [1.82, 2.24) is 15.3 Å². The van der Waals surface area contributed by atoms with Gasteiger partial charge in [0.2, 0.25) is 0 Å². The van der Waals surface area contributed by atoms with Crippen molar-refractivity contribution in [3.8, 4) is 22.9 Å². The second-order valence-electron chi connectivity index (χ2n) is 9.68. The molecule has 12 nitrogen and oxygen atoms in total. The van der Waals surface area contributed by atoms with Crippen LogP contribution in [0.5, 0.6) is 11.5 Å². The molecular weight excluding hydrogens is 585 g/mol. The minimum absolute atomic E-state index is 0.0136. The number of hydrogen-bond acceptors (Lipinski definition) is 8. The first-order valence-corrected chi connectivity index (χ1v) is 14.3. The number of nitrogens with one attached hydrogen (secondary N) is 4. The van der Waals surface area contributed by atoms with Gasteiger partial charge in [-0.2, -0.15) is 0 Å². The Morgan fingerprint density at radius 3 is 2.36 bits per heavy atom. The Balaban J connectivity index is 1.20. The summed E-state index contributed by atoms with van der Waals surface area (Å²) < 4.78 is 35.8. The van der Waals surface area contributed by atoms with Crippen molar-refractivity contribution in [2.45, 2.75) is 6.92 Å². The van der Waals surface area contributed by atoms with E-state index in [2.05, 4.69) is 25.9 Å². The van der Waals surface area contributed by atoms with E-state index < -0.39 is 11.8 Å². The smallest absolute Gasteiger partial charge is 0.323 e.